The highest BCUT2D eigenvalue weighted by atomic mass is 32.2. The second kappa shape index (κ2) is 8.76. The number of carbonyl (C=O) groups excluding carboxylic acids is 1. The summed E-state index contributed by atoms with van der Waals surface area (Å²) >= 11 is 0. The fourth-order valence-electron chi connectivity index (χ4n) is 1.86. The molecule has 7 heteroatoms. The normalized spacial score (nSPS) is 11.3. The summed E-state index contributed by atoms with van der Waals surface area (Å²) in [6.07, 6.45) is 2.46. The van der Waals surface area contributed by atoms with Crippen molar-refractivity contribution in [3.8, 4) is 0 Å². The molecule has 0 heterocycles. The Hall–Kier alpha value is -1.44. The molecule has 1 aromatic carbocycles. The highest BCUT2D eigenvalue weighted by Crippen LogP contribution is 2.09. The van der Waals surface area contributed by atoms with Crippen molar-refractivity contribution in [2.45, 2.75) is 12.8 Å². The van der Waals surface area contributed by atoms with Crippen LogP contribution in [0.1, 0.15) is 22.3 Å². The zero-order chi connectivity index (χ0) is 15.7. The summed E-state index contributed by atoms with van der Waals surface area (Å²) < 4.78 is 24.2. The van der Waals surface area contributed by atoms with Crippen LogP contribution in [0.25, 0.3) is 0 Å². The van der Waals surface area contributed by atoms with E-state index in [9.17, 15) is 13.2 Å². The van der Waals surface area contributed by atoms with Crippen molar-refractivity contribution < 1.29 is 13.2 Å². The minimum atomic E-state index is -3.16. The number of hydrogen-bond donors (Lipinski definition) is 3. The first-order chi connectivity index (χ1) is 9.94. The molecule has 0 saturated heterocycles. The van der Waals surface area contributed by atoms with Gasteiger partial charge in [-0.1, -0.05) is 18.2 Å². The Morgan fingerprint density at radius 2 is 1.86 bits per heavy atom. The van der Waals surface area contributed by atoms with Crippen LogP contribution in [-0.2, 0) is 16.4 Å². The lowest BCUT2D eigenvalue weighted by atomic mass is 10.0. The lowest BCUT2D eigenvalue weighted by Gasteiger charge is -2.10. The van der Waals surface area contributed by atoms with Gasteiger partial charge in [0.15, 0.2) is 0 Å². The van der Waals surface area contributed by atoms with Gasteiger partial charge in [-0.05, 0) is 38.1 Å². The van der Waals surface area contributed by atoms with E-state index in [0.717, 1.165) is 24.8 Å². The summed E-state index contributed by atoms with van der Waals surface area (Å²) in [6.45, 7) is 1.56. The number of carbonyl (C=O) groups is 1. The van der Waals surface area contributed by atoms with E-state index >= 15 is 0 Å². The average molecular weight is 313 g/mol. The predicted molar refractivity (Wildman–Crippen MR) is 83.9 cm³/mol. The Balaban J connectivity index is 2.45. The van der Waals surface area contributed by atoms with Gasteiger partial charge in [0, 0.05) is 18.7 Å². The van der Waals surface area contributed by atoms with Crippen LogP contribution in [0, 0.1) is 0 Å². The van der Waals surface area contributed by atoms with Gasteiger partial charge < -0.3 is 10.6 Å². The summed E-state index contributed by atoms with van der Waals surface area (Å²) in [5, 5.41) is 5.87. The van der Waals surface area contributed by atoms with Gasteiger partial charge in [0.1, 0.15) is 0 Å². The molecule has 118 valence electrons. The summed E-state index contributed by atoms with van der Waals surface area (Å²) in [5.74, 6) is -0.124. The van der Waals surface area contributed by atoms with Crippen molar-refractivity contribution >= 4 is 15.9 Å². The topological polar surface area (TPSA) is 87.3 Å². The van der Waals surface area contributed by atoms with Gasteiger partial charge in [0.2, 0.25) is 10.0 Å². The van der Waals surface area contributed by atoms with Crippen molar-refractivity contribution in [1.29, 1.82) is 0 Å². The lowest BCUT2D eigenvalue weighted by molar-refractivity contribution is 0.0952. The van der Waals surface area contributed by atoms with Crippen LogP contribution < -0.4 is 15.4 Å². The molecule has 1 rings (SSSR count). The highest BCUT2D eigenvalue weighted by Gasteiger charge is 2.09. The molecule has 21 heavy (non-hydrogen) atoms. The zero-order valence-corrected chi connectivity index (χ0v) is 13.3. The van der Waals surface area contributed by atoms with E-state index < -0.39 is 10.0 Å². The van der Waals surface area contributed by atoms with Gasteiger partial charge in [0.05, 0.1) is 6.26 Å². The van der Waals surface area contributed by atoms with E-state index in [4.69, 9.17) is 0 Å². The van der Waals surface area contributed by atoms with E-state index in [1.807, 2.05) is 25.2 Å². The van der Waals surface area contributed by atoms with Crippen molar-refractivity contribution in [2.75, 3.05) is 32.9 Å². The fraction of sp³-hybridized carbons (Fsp3) is 0.500. The van der Waals surface area contributed by atoms with Gasteiger partial charge in [-0.15, -0.1) is 0 Å². The molecule has 0 atom stereocenters. The third-order valence-corrected chi connectivity index (χ3v) is 3.64. The number of benzene rings is 1. The number of nitrogens with one attached hydrogen (secondary N) is 3. The van der Waals surface area contributed by atoms with E-state index in [-0.39, 0.29) is 5.91 Å². The maximum Gasteiger partial charge on any atom is 0.251 e. The Morgan fingerprint density at radius 1 is 1.14 bits per heavy atom. The molecular formula is C14H23N3O3S. The van der Waals surface area contributed by atoms with Crippen LogP contribution in [0.2, 0.25) is 0 Å². The molecule has 1 amide bonds. The van der Waals surface area contributed by atoms with Crippen LogP contribution >= 0.6 is 0 Å². The largest absolute Gasteiger partial charge is 0.352 e. The van der Waals surface area contributed by atoms with Gasteiger partial charge >= 0.3 is 0 Å². The summed E-state index contributed by atoms with van der Waals surface area (Å²) in [6, 6.07) is 7.49. The molecule has 0 spiro atoms. The number of sulfonamides is 1. The first-order valence-corrected chi connectivity index (χ1v) is 8.78. The van der Waals surface area contributed by atoms with Crippen molar-refractivity contribution in [3.05, 3.63) is 35.4 Å². The predicted octanol–water partition coefficient (Wildman–Crippen LogP) is 0.118. The summed E-state index contributed by atoms with van der Waals surface area (Å²) in [5.41, 5.74) is 1.67. The maximum absolute atomic E-state index is 12.1. The highest BCUT2D eigenvalue weighted by molar-refractivity contribution is 7.88. The Morgan fingerprint density at radius 3 is 2.52 bits per heavy atom. The third-order valence-electron chi connectivity index (χ3n) is 2.91. The molecular weight excluding hydrogens is 290 g/mol. The molecule has 0 radical (unpaired) electrons. The van der Waals surface area contributed by atoms with Crippen LogP contribution in [-0.4, -0.2) is 47.3 Å². The van der Waals surface area contributed by atoms with Crippen LogP contribution in [0.4, 0.5) is 0 Å². The number of amides is 1. The van der Waals surface area contributed by atoms with Crippen molar-refractivity contribution in [2.24, 2.45) is 0 Å². The third kappa shape index (κ3) is 7.22. The number of likely N-dealkylation sites (N-methyl/N-ethyl adjacent to an activating group) is 1. The van der Waals surface area contributed by atoms with Crippen molar-refractivity contribution in [1.82, 2.24) is 15.4 Å². The Labute approximate surface area is 126 Å². The SMILES string of the molecule is CNCCc1ccccc1C(=O)NCCCNS(C)(=O)=O. The first kappa shape index (κ1) is 17.6. The van der Waals surface area contributed by atoms with E-state index in [2.05, 4.69) is 15.4 Å². The molecule has 1 aromatic rings. The van der Waals surface area contributed by atoms with E-state index in [1.165, 1.54) is 0 Å². The van der Waals surface area contributed by atoms with Gasteiger partial charge in [-0.3, -0.25) is 4.79 Å². The molecule has 0 aliphatic carbocycles. The molecule has 0 aromatic heterocycles. The lowest BCUT2D eigenvalue weighted by Crippen LogP contribution is -2.30. The Kier molecular flexibility index (Phi) is 7.35. The number of hydrogen-bond acceptors (Lipinski definition) is 4. The van der Waals surface area contributed by atoms with E-state index in [0.29, 0.717) is 25.1 Å². The summed E-state index contributed by atoms with van der Waals surface area (Å²) in [4.78, 5) is 12.1. The van der Waals surface area contributed by atoms with Gasteiger partial charge in [-0.2, -0.15) is 0 Å². The Bertz CT molecular complexity index is 558. The van der Waals surface area contributed by atoms with Crippen molar-refractivity contribution in [3.63, 3.8) is 0 Å². The maximum atomic E-state index is 12.1. The molecule has 0 unspecified atom stereocenters. The van der Waals surface area contributed by atoms with E-state index in [1.54, 1.807) is 6.07 Å². The molecule has 0 aliphatic heterocycles. The fourth-order valence-corrected chi connectivity index (χ4v) is 2.38. The van der Waals surface area contributed by atoms with Gasteiger partial charge in [0.25, 0.3) is 5.91 Å². The standard InChI is InChI=1S/C14H23N3O3S/c1-15-11-8-12-6-3-4-7-13(12)14(18)16-9-5-10-17-21(2,19)20/h3-4,6-7,15,17H,5,8-11H2,1-2H3,(H,16,18). The molecule has 0 bridgehead atoms. The second-order valence-electron chi connectivity index (χ2n) is 4.79. The molecule has 6 nitrogen and oxygen atoms in total. The minimum Gasteiger partial charge on any atom is -0.352 e. The minimum absolute atomic E-state index is 0.124. The smallest absolute Gasteiger partial charge is 0.251 e. The van der Waals surface area contributed by atoms with Gasteiger partial charge in [-0.25, -0.2) is 13.1 Å². The zero-order valence-electron chi connectivity index (χ0n) is 12.5. The quantitative estimate of drug-likeness (QED) is 0.565. The molecule has 0 saturated carbocycles. The first-order valence-electron chi connectivity index (χ1n) is 6.89. The van der Waals surface area contributed by atoms with Crippen LogP contribution in [0.3, 0.4) is 0 Å². The van der Waals surface area contributed by atoms with Crippen LogP contribution in [0.5, 0.6) is 0 Å². The molecule has 0 aliphatic rings. The second-order valence-corrected chi connectivity index (χ2v) is 6.62. The number of rotatable bonds is 9. The molecule has 3 N–H and O–H groups in total. The molecule has 0 fully saturated rings. The average Bonchev–Trinajstić information content (AvgIpc) is 2.43. The van der Waals surface area contributed by atoms with Crippen LogP contribution in [0.15, 0.2) is 24.3 Å². The summed E-state index contributed by atoms with van der Waals surface area (Å²) in [7, 11) is -1.29. The monoisotopic (exact) mass is 313 g/mol.